The van der Waals surface area contributed by atoms with Crippen LogP contribution >= 0.6 is 0 Å². The second-order valence-electron chi connectivity index (χ2n) is 4.79. The minimum Gasteiger partial charge on any atom is -0.442 e. The molecule has 1 N–H and O–H groups in total. The van der Waals surface area contributed by atoms with Gasteiger partial charge in [0.15, 0.2) is 0 Å². The Morgan fingerprint density at radius 2 is 1.87 bits per heavy atom. The average molecular weight is 214 g/mol. The molecular formula is C10H18N2O3. The minimum atomic E-state index is -0.546. The molecule has 0 saturated heterocycles. The van der Waals surface area contributed by atoms with Gasteiger partial charge in [-0.15, -0.1) is 0 Å². The monoisotopic (exact) mass is 214 g/mol. The summed E-state index contributed by atoms with van der Waals surface area (Å²) in [6.45, 7) is 5.34. The van der Waals surface area contributed by atoms with Crippen molar-refractivity contribution in [2.45, 2.75) is 39.2 Å². The van der Waals surface area contributed by atoms with E-state index in [0.717, 1.165) is 17.9 Å². The van der Waals surface area contributed by atoms with E-state index in [1.807, 2.05) is 0 Å². The van der Waals surface area contributed by atoms with Crippen molar-refractivity contribution >= 4 is 12.0 Å². The molecule has 0 aromatic rings. The van der Waals surface area contributed by atoms with Crippen LogP contribution in [-0.4, -0.2) is 29.7 Å². The second-order valence-corrected chi connectivity index (χ2v) is 4.79. The summed E-state index contributed by atoms with van der Waals surface area (Å²) in [6, 6.07) is 0. The molecule has 0 unspecified atom stereocenters. The number of amides is 2. The first kappa shape index (κ1) is 11.8. The third kappa shape index (κ3) is 4.18. The Hall–Kier alpha value is -1.26. The van der Waals surface area contributed by atoms with Crippen LogP contribution in [0.3, 0.4) is 0 Å². The van der Waals surface area contributed by atoms with Crippen molar-refractivity contribution in [2.24, 2.45) is 5.92 Å². The van der Waals surface area contributed by atoms with E-state index in [-0.39, 0.29) is 11.8 Å². The number of nitrogens with zero attached hydrogens (tertiary/aromatic N) is 1. The molecule has 1 rings (SSSR count). The Morgan fingerprint density at radius 1 is 1.33 bits per heavy atom. The maximum absolute atomic E-state index is 11.4. The molecule has 5 nitrogen and oxygen atoms in total. The maximum Gasteiger partial charge on any atom is 0.428 e. The molecule has 0 aromatic carbocycles. The first-order valence-electron chi connectivity index (χ1n) is 5.07. The van der Waals surface area contributed by atoms with Gasteiger partial charge in [-0.2, -0.15) is 0 Å². The first-order valence-corrected chi connectivity index (χ1v) is 5.07. The number of rotatable bonds is 1. The Balaban J connectivity index is 2.35. The summed E-state index contributed by atoms with van der Waals surface area (Å²) in [6.07, 6.45) is 1.28. The molecule has 1 aliphatic rings. The van der Waals surface area contributed by atoms with Crippen LogP contribution in [-0.2, 0) is 9.53 Å². The molecule has 15 heavy (non-hydrogen) atoms. The first-order chi connectivity index (χ1) is 6.79. The van der Waals surface area contributed by atoms with Gasteiger partial charge in [-0.05, 0) is 33.6 Å². The van der Waals surface area contributed by atoms with Gasteiger partial charge in [0.05, 0.1) is 0 Å². The molecule has 0 aromatic heterocycles. The average Bonchev–Trinajstić information content (AvgIpc) is 2.82. The normalized spacial score (nSPS) is 15.7. The van der Waals surface area contributed by atoms with Crippen LogP contribution in [0.2, 0.25) is 0 Å². The van der Waals surface area contributed by atoms with Crippen LogP contribution in [0, 0.1) is 5.92 Å². The van der Waals surface area contributed by atoms with Gasteiger partial charge in [-0.3, -0.25) is 10.2 Å². The fourth-order valence-electron chi connectivity index (χ4n) is 0.978. The summed E-state index contributed by atoms with van der Waals surface area (Å²) in [4.78, 5) is 22.8. The zero-order valence-electron chi connectivity index (χ0n) is 9.66. The Labute approximate surface area is 89.7 Å². The lowest BCUT2D eigenvalue weighted by Crippen LogP contribution is -2.46. The number of hydrazine groups is 1. The van der Waals surface area contributed by atoms with E-state index >= 15 is 0 Å². The van der Waals surface area contributed by atoms with Crippen molar-refractivity contribution in [1.29, 1.82) is 0 Å². The lowest BCUT2D eigenvalue weighted by atomic mass is 10.2. The van der Waals surface area contributed by atoms with Crippen LogP contribution in [0.1, 0.15) is 33.6 Å². The van der Waals surface area contributed by atoms with Crippen molar-refractivity contribution in [3.63, 3.8) is 0 Å². The topological polar surface area (TPSA) is 58.6 Å². The van der Waals surface area contributed by atoms with Gasteiger partial charge in [-0.25, -0.2) is 9.80 Å². The molecule has 2 amide bonds. The van der Waals surface area contributed by atoms with Crippen molar-refractivity contribution < 1.29 is 14.3 Å². The lowest BCUT2D eigenvalue weighted by Gasteiger charge is -2.24. The van der Waals surface area contributed by atoms with E-state index in [1.165, 1.54) is 7.05 Å². The smallest absolute Gasteiger partial charge is 0.428 e. The molecule has 0 radical (unpaired) electrons. The minimum absolute atomic E-state index is 0.0786. The van der Waals surface area contributed by atoms with Gasteiger partial charge in [0, 0.05) is 13.0 Å². The number of nitrogens with one attached hydrogen (secondary N) is 1. The van der Waals surface area contributed by atoms with Crippen LogP contribution in [0.5, 0.6) is 0 Å². The third-order valence-electron chi connectivity index (χ3n) is 1.89. The van der Waals surface area contributed by atoms with Crippen molar-refractivity contribution in [2.75, 3.05) is 7.05 Å². The number of carbonyl (C=O) groups is 2. The maximum atomic E-state index is 11.4. The highest BCUT2D eigenvalue weighted by Gasteiger charge is 2.31. The fraction of sp³-hybridized carbons (Fsp3) is 0.800. The van der Waals surface area contributed by atoms with Gasteiger partial charge < -0.3 is 4.74 Å². The zero-order valence-corrected chi connectivity index (χ0v) is 9.66. The Bertz CT molecular complexity index is 266. The summed E-state index contributed by atoms with van der Waals surface area (Å²) in [5.41, 5.74) is 1.94. The van der Waals surface area contributed by atoms with E-state index in [4.69, 9.17) is 4.74 Å². The van der Waals surface area contributed by atoms with Gasteiger partial charge >= 0.3 is 6.09 Å². The van der Waals surface area contributed by atoms with Gasteiger partial charge in [0.25, 0.3) is 0 Å². The summed E-state index contributed by atoms with van der Waals surface area (Å²) < 4.78 is 5.07. The SMILES string of the molecule is CN(NC(=O)C1CC1)C(=O)OC(C)(C)C. The predicted molar refractivity (Wildman–Crippen MR) is 54.9 cm³/mol. The standard InChI is InChI=1S/C10H18N2O3/c1-10(2,3)15-9(14)12(4)11-8(13)7-5-6-7/h7H,5-6H2,1-4H3,(H,11,13). The molecule has 0 spiro atoms. The zero-order chi connectivity index (χ0) is 11.6. The van der Waals surface area contributed by atoms with E-state index in [0.29, 0.717) is 0 Å². The quantitative estimate of drug-likeness (QED) is 0.669. The Morgan fingerprint density at radius 3 is 2.27 bits per heavy atom. The summed E-state index contributed by atoms with van der Waals surface area (Å²) in [5.74, 6) is -0.0294. The van der Waals surface area contributed by atoms with Crippen molar-refractivity contribution in [3.8, 4) is 0 Å². The highest BCUT2D eigenvalue weighted by Crippen LogP contribution is 2.28. The molecule has 86 valence electrons. The predicted octanol–water partition coefficient (Wildman–Crippen LogP) is 1.29. The molecular weight excluding hydrogens is 196 g/mol. The molecule has 0 aliphatic heterocycles. The van der Waals surface area contributed by atoms with Crippen LogP contribution in [0.4, 0.5) is 4.79 Å². The molecule has 0 bridgehead atoms. The summed E-state index contributed by atoms with van der Waals surface area (Å²) in [5, 5.41) is 1.09. The van der Waals surface area contributed by atoms with E-state index in [2.05, 4.69) is 5.43 Å². The highest BCUT2D eigenvalue weighted by atomic mass is 16.6. The Kier molecular flexibility index (Phi) is 3.21. The second kappa shape index (κ2) is 4.08. The van der Waals surface area contributed by atoms with Crippen molar-refractivity contribution in [3.05, 3.63) is 0 Å². The van der Waals surface area contributed by atoms with Crippen LogP contribution in [0.15, 0.2) is 0 Å². The molecule has 0 atom stereocenters. The fourth-order valence-corrected chi connectivity index (χ4v) is 0.978. The van der Waals surface area contributed by atoms with E-state index in [1.54, 1.807) is 20.8 Å². The summed E-state index contributed by atoms with van der Waals surface area (Å²) >= 11 is 0. The van der Waals surface area contributed by atoms with Crippen molar-refractivity contribution in [1.82, 2.24) is 10.4 Å². The molecule has 5 heteroatoms. The van der Waals surface area contributed by atoms with Gasteiger partial charge in [0.2, 0.25) is 5.91 Å². The lowest BCUT2D eigenvalue weighted by molar-refractivity contribution is -0.126. The number of hydrogen-bond acceptors (Lipinski definition) is 3. The van der Waals surface area contributed by atoms with Gasteiger partial charge in [0.1, 0.15) is 5.60 Å². The molecule has 1 aliphatic carbocycles. The molecule has 0 heterocycles. The number of carbonyl (C=O) groups excluding carboxylic acids is 2. The molecule has 1 saturated carbocycles. The van der Waals surface area contributed by atoms with Gasteiger partial charge in [-0.1, -0.05) is 0 Å². The number of hydrogen-bond donors (Lipinski definition) is 1. The number of ether oxygens (including phenoxy) is 1. The summed E-state index contributed by atoms with van der Waals surface area (Å²) in [7, 11) is 1.48. The van der Waals surface area contributed by atoms with Crippen LogP contribution in [0.25, 0.3) is 0 Å². The van der Waals surface area contributed by atoms with E-state index < -0.39 is 11.7 Å². The van der Waals surface area contributed by atoms with E-state index in [9.17, 15) is 9.59 Å². The highest BCUT2D eigenvalue weighted by molar-refractivity contribution is 5.82. The largest absolute Gasteiger partial charge is 0.442 e. The van der Waals surface area contributed by atoms with Crippen LogP contribution < -0.4 is 5.43 Å². The third-order valence-corrected chi connectivity index (χ3v) is 1.89. The molecule has 1 fully saturated rings.